The third-order valence-electron chi connectivity index (χ3n) is 2.75. The first-order chi connectivity index (χ1) is 8.65. The molecule has 1 heterocycles. The van der Waals surface area contributed by atoms with Crippen molar-refractivity contribution in [3.8, 4) is 0 Å². The van der Waals surface area contributed by atoms with Crippen molar-refractivity contribution < 1.29 is 9.53 Å². The minimum Gasteiger partial charge on any atom is -0.383 e. The molecule has 1 atom stereocenters. The number of hydrogen-bond acceptors (Lipinski definition) is 4. The van der Waals surface area contributed by atoms with Gasteiger partial charge in [0.25, 0.3) is 0 Å². The van der Waals surface area contributed by atoms with E-state index >= 15 is 0 Å². The minimum atomic E-state index is -0.199. The van der Waals surface area contributed by atoms with E-state index in [4.69, 9.17) is 4.74 Å². The van der Waals surface area contributed by atoms with Gasteiger partial charge in [-0.1, -0.05) is 0 Å². The molecule has 1 amide bonds. The van der Waals surface area contributed by atoms with Crippen LogP contribution in [0.5, 0.6) is 0 Å². The van der Waals surface area contributed by atoms with Gasteiger partial charge in [-0.3, -0.25) is 9.48 Å². The molecule has 0 radical (unpaired) electrons. The molecular formula is C12H22N4O2. The Morgan fingerprint density at radius 1 is 1.56 bits per heavy atom. The number of aryl methyl sites for hydroxylation is 1. The van der Waals surface area contributed by atoms with Crippen LogP contribution in [0.3, 0.4) is 0 Å². The maximum atomic E-state index is 11.6. The maximum Gasteiger partial charge on any atom is 0.236 e. The molecule has 0 aromatic carbocycles. The number of methoxy groups -OCH3 is 1. The molecule has 2 N–H and O–H groups in total. The molecule has 0 aliphatic carbocycles. The van der Waals surface area contributed by atoms with Crippen molar-refractivity contribution in [3.05, 3.63) is 18.0 Å². The molecule has 0 saturated carbocycles. The molecule has 6 nitrogen and oxygen atoms in total. The highest BCUT2D eigenvalue weighted by atomic mass is 16.5. The van der Waals surface area contributed by atoms with Crippen molar-refractivity contribution >= 4 is 5.91 Å². The van der Waals surface area contributed by atoms with Crippen LogP contribution >= 0.6 is 0 Å². The first kappa shape index (κ1) is 14.7. The van der Waals surface area contributed by atoms with E-state index in [-0.39, 0.29) is 11.9 Å². The van der Waals surface area contributed by atoms with Crippen LogP contribution in [0.15, 0.2) is 12.3 Å². The predicted octanol–water partition coefficient (Wildman–Crippen LogP) is -0.297. The van der Waals surface area contributed by atoms with Gasteiger partial charge in [0.15, 0.2) is 0 Å². The van der Waals surface area contributed by atoms with Crippen molar-refractivity contribution in [3.63, 3.8) is 0 Å². The van der Waals surface area contributed by atoms with Crippen LogP contribution in [0.25, 0.3) is 0 Å². The zero-order valence-corrected chi connectivity index (χ0v) is 11.3. The molecule has 6 heteroatoms. The Morgan fingerprint density at radius 2 is 2.33 bits per heavy atom. The zero-order chi connectivity index (χ0) is 13.4. The summed E-state index contributed by atoms with van der Waals surface area (Å²) >= 11 is 0. The SMILES string of the molecule is COCCNC(=O)C(C)NCCc1ccnn1C. The minimum absolute atomic E-state index is 0.00273. The molecule has 0 spiro atoms. The van der Waals surface area contributed by atoms with Crippen LogP contribution in [-0.4, -0.2) is 48.5 Å². The van der Waals surface area contributed by atoms with Gasteiger partial charge < -0.3 is 15.4 Å². The summed E-state index contributed by atoms with van der Waals surface area (Å²) < 4.78 is 6.71. The average molecular weight is 254 g/mol. The highest BCUT2D eigenvalue weighted by Gasteiger charge is 2.11. The van der Waals surface area contributed by atoms with E-state index < -0.39 is 0 Å². The number of carbonyl (C=O) groups is 1. The Balaban J connectivity index is 2.18. The quantitative estimate of drug-likeness (QED) is 0.625. The topological polar surface area (TPSA) is 68.2 Å². The first-order valence-electron chi connectivity index (χ1n) is 6.12. The standard InChI is InChI=1S/C12H22N4O2/c1-10(12(17)14-8-9-18-3)13-6-4-11-5-7-15-16(11)2/h5,7,10,13H,4,6,8-9H2,1-3H3,(H,14,17). The van der Waals surface area contributed by atoms with Gasteiger partial charge in [-0.15, -0.1) is 0 Å². The lowest BCUT2D eigenvalue weighted by molar-refractivity contribution is -0.122. The zero-order valence-electron chi connectivity index (χ0n) is 11.3. The normalized spacial score (nSPS) is 12.4. The van der Waals surface area contributed by atoms with Gasteiger partial charge in [0.1, 0.15) is 0 Å². The summed E-state index contributed by atoms with van der Waals surface area (Å²) in [6, 6.07) is 1.78. The maximum absolute atomic E-state index is 11.6. The van der Waals surface area contributed by atoms with Crippen LogP contribution in [0, 0.1) is 0 Å². The number of ether oxygens (including phenoxy) is 1. The van der Waals surface area contributed by atoms with Gasteiger partial charge >= 0.3 is 0 Å². The fourth-order valence-corrected chi connectivity index (χ4v) is 1.59. The lowest BCUT2D eigenvalue weighted by atomic mass is 10.2. The van der Waals surface area contributed by atoms with Crippen LogP contribution in [0.1, 0.15) is 12.6 Å². The Labute approximate surface area is 108 Å². The Hall–Kier alpha value is -1.40. The van der Waals surface area contributed by atoms with Gasteiger partial charge in [0.2, 0.25) is 5.91 Å². The molecular weight excluding hydrogens is 232 g/mol. The molecule has 1 aromatic heterocycles. The number of rotatable bonds is 8. The molecule has 102 valence electrons. The number of amides is 1. The highest BCUT2D eigenvalue weighted by molar-refractivity contribution is 5.81. The fourth-order valence-electron chi connectivity index (χ4n) is 1.59. The summed E-state index contributed by atoms with van der Waals surface area (Å²) in [5.41, 5.74) is 1.15. The van der Waals surface area contributed by atoms with E-state index in [2.05, 4.69) is 15.7 Å². The molecule has 0 aliphatic rings. The van der Waals surface area contributed by atoms with Crippen molar-refractivity contribution in [1.29, 1.82) is 0 Å². The summed E-state index contributed by atoms with van der Waals surface area (Å²) in [5.74, 6) is -0.00273. The number of aromatic nitrogens is 2. The second kappa shape index (κ2) is 7.84. The lowest BCUT2D eigenvalue weighted by Crippen LogP contribution is -2.43. The Bertz CT molecular complexity index is 365. The van der Waals surface area contributed by atoms with Crippen molar-refractivity contribution in [2.75, 3.05) is 26.8 Å². The second-order valence-electron chi connectivity index (χ2n) is 4.16. The summed E-state index contributed by atoms with van der Waals surface area (Å²) in [4.78, 5) is 11.6. The predicted molar refractivity (Wildman–Crippen MR) is 69.3 cm³/mol. The summed E-state index contributed by atoms with van der Waals surface area (Å²) in [6.45, 7) is 3.68. The van der Waals surface area contributed by atoms with E-state index in [1.807, 2.05) is 24.7 Å². The van der Waals surface area contributed by atoms with Gasteiger partial charge in [0.05, 0.1) is 12.6 Å². The lowest BCUT2D eigenvalue weighted by Gasteiger charge is -2.13. The van der Waals surface area contributed by atoms with Gasteiger partial charge in [0, 0.05) is 45.6 Å². The van der Waals surface area contributed by atoms with Gasteiger partial charge in [-0.25, -0.2) is 0 Å². The van der Waals surface area contributed by atoms with E-state index in [9.17, 15) is 4.79 Å². The monoisotopic (exact) mass is 254 g/mol. The Morgan fingerprint density at radius 3 is 2.94 bits per heavy atom. The van der Waals surface area contributed by atoms with Gasteiger partial charge in [-0.2, -0.15) is 5.10 Å². The largest absolute Gasteiger partial charge is 0.383 e. The first-order valence-corrected chi connectivity index (χ1v) is 6.12. The Kier molecular flexibility index (Phi) is 6.38. The average Bonchev–Trinajstić information content (AvgIpc) is 2.75. The molecule has 0 saturated heterocycles. The number of hydrogen-bond donors (Lipinski definition) is 2. The van der Waals surface area contributed by atoms with Crippen molar-refractivity contribution in [2.24, 2.45) is 7.05 Å². The molecule has 18 heavy (non-hydrogen) atoms. The van der Waals surface area contributed by atoms with Gasteiger partial charge in [-0.05, 0) is 13.0 Å². The van der Waals surface area contributed by atoms with Crippen molar-refractivity contribution in [1.82, 2.24) is 20.4 Å². The number of nitrogens with zero attached hydrogens (tertiary/aromatic N) is 2. The molecule has 0 fully saturated rings. The fraction of sp³-hybridized carbons (Fsp3) is 0.667. The van der Waals surface area contributed by atoms with E-state index in [0.717, 1.165) is 18.7 Å². The van der Waals surface area contributed by atoms with Crippen LogP contribution in [-0.2, 0) is 23.0 Å². The summed E-state index contributed by atoms with van der Waals surface area (Å²) in [7, 11) is 3.53. The number of carbonyl (C=O) groups excluding carboxylic acids is 1. The molecule has 0 aliphatic heterocycles. The van der Waals surface area contributed by atoms with Crippen LogP contribution in [0.4, 0.5) is 0 Å². The van der Waals surface area contributed by atoms with Crippen LogP contribution in [0.2, 0.25) is 0 Å². The van der Waals surface area contributed by atoms with Crippen molar-refractivity contribution in [2.45, 2.75) is 19.4 Å². The molecule has 0 bridgehead atoms. The number of nitrogens with one attached hydrogen (secondary N) is 2. The highest BCUT2D eigenvalue weighted by Crippen LogP contribution is 1.96. The summed E-state index contributed by atoms with van der Waals surface area (Å²) in [5, 5.41) is 10.1. The third kappa shape index (κ3) is 4.85. The van der Waals surface area contributed by atoms with E-state index in [1.54, 1.807) is 13.3 Å². The van der Waals surface area contributed by atoms with E-state index in [1.165, 1.54) is 0 Å². The molecule has 1 rings (SSSR count). The molecule has 1 aromatic rings. The summed E-state index contributed by atoms with van der Waals surface area (Å²) in [6.07, 6.45) is 2.63. The second-order valence-corrected chi connectivity index (χ2v) is 4.16. The van der Waals surface area contributed by atoms with E-state index in [0.29, 0.717) is 13.2 Å². The third-order valence-corrected chi connectivity index (χ3v) is 2.75. The smallest absolute Gasteiger partial charge is 0.236 e. The molecule has 1 unspecified atom stereocenters. The van der Waals surface area contributed by atoms with Crippen LogP contribution < -0.4 is 10.6 Å².